The molecule has 36 heavy (non-hydrogen) atoms. The number of fused-ring (bicyclic) bond motifs is 1. The Morgan fingerprint density at radius 1 is 1.06 bits per heavy atom. The first-order valence-electron chi connectivity index (χ1n) is 12.7. The van der Waals surface area contributed by atoms with Crippen LogP contribution in [0.25, 0.3) is 10.9 Å². The summed E-state index contributed by atoms with van der Waals surface area (Å²) in [7, 11) is 0. The van der Waals surface area contributed by atoms with Crippen LogP contribution in [-0.2, 0) is 23.9 Å². The Morgan fingerprint density at radius 3 is 2.28 bits per heavy atom. The number of alkyl halides is 3. The maximum atomic E-state index is 13.9. The van der Waals surface area contributed by atoms with Gasteiger partial charge in [0.25, 0.3) is 0 Å². The molecule has 1 saturated carbocycles. The molecule has 1 aliphatic rings. The minimum atomic E-state index is -4.49. The van der Waals surface area contributed by atoms with E-state index >= 15 is 0 Å². The van der Waals surface area contributed by atoms with Crippen LogP contribution in [0.1, 0.15) is 92.5 Å². The first-order valence-corrected chi connectivity index (χ1v) is 12.7. The monoisotopic (exact) mass is 497 g/mol. The maximum absolute atomic E-state index is 13.9. The smallest absolute Gasteiger partial charge is 0.339 e. The van der Waals surface area contributed by atoms with Crippen LogP contribution in [0.5, 0.6) is 0 Å². The van der Waals surface area contributed by atoms with E-state index in [1.165, 1.54) is 19.1 Å². The van der Waals surface area contributed by atoms with E-state index in [0.717, 1.165) is 41.8 Å². The molecule has 192 valence electrons. The zero-order valence-corrected chi connectivity index (χ0v) is 21.6. The molecule has 1 fully saturated rings. The van der Waals surface area contributed by atoms with Crippen molar-refractivity contribution < 1.29 is 22.8 Å². The summed E-state index contributed by atoms with van der Waals surface area (Å²) in [4.78, 5) is 26.3. The Kier molecular flexibility index (Phi) is 6.93. The van der Waals surface area contributed by atoms with Crippen LogP contribution in [0.2, 0.25) is 0 Å². The van der Waals surface area contributed by atoms with Crippen LogP contribution in [0.3, 0.4) is 0 Å². The fourth-order valence-corrected chi connectivity index (χ4v) is 4.95. The second kappa shape index (κ2) is 9.53. The van der Waals surface area contributed by atoms with Gasteiger partial charge in [-0.15, -0.1) is 0 Å². The molecule has 4 rings (SSSR count). The van der Waals surface area contributed by atoms with Gasteiger partial charge in [-0.05, 0) is 55.0 Å². The van der Waals surface area contributed by atoms with Gasteiger partial charge in [0.05, 0.1) is 5.56 Å². The fraction of sp³-hybridized carbons (Fsp3) is 0.467. The number of halogens is 3. The highest BCUT2D eigenvalue weighted by atomic mass is 19.4. The van der Waals surface area contributed by atoms with E-state index in [9.17, 15) is 22.8 Å². The molecular weight excluding hydrogens is 463 g/mol. The lowest BCUT2D eigenvalue weighted by molar-refractivity contribution is -0.138. The van der Waals surface area contributed by atoms with E-state index in [-0.39, 0.29) is 41.9 Å². The number of nitrogens with zero attached hydrogens (tertiary/aromatic N) is 1. The third-order valence-electron chi connectivity index (χ3n) is 7.80. The predicted octanol–water partition coefficient (Wildman–Crippen LogP) is 7.97. The van der Waals surface area contributed by atoms with Gasteiger partial charge in [-0.25, -0.2) is 0 Å². The van der Waals surface area contributed by atoms with Gasteiger partial charge in [-0.3, -0.25) is 9.59 Å². The van der Waals surface area contributed by atoms with Crippen molar-refractivity contribution in [3.05, 3.63) is 70.4 Å². The Labute approximate surface area is 210 Å². The molecule has 0 saturated heterocycles. The number of hydrogen-bond donors (Lipinski definition) is 0. The molecule has 0 aliphatic heterocycles. The molecule has 2 aromatic carbocycles. The number of benzene rings is 2. The first kappa shape index (κ1) is 26.2. The number of ketones is 2. The summed E-state index contributed by atoms with van der Waals surface area (Å²) in [6.07, 6.45) is -1.58. The molecular formula is C30H34F3NO2. The van der Waals surface area contributed by atoms with Gasteiger partial charge >= 0.3 is 6.18 Å². The van der Waals surface area contributed by atoms with Gasteiger partial charge in [0.1, 0.15) is 5.78 Å². The van der Waals surface area contributed by atoms with Crippen molar-refractivity contribution >= 4 is 22.5 Å². The van der Waals surface area contributed by atoms with E-state index in [1.807, 2.05) is 36.6 Å². The van der Waals surface area contributed by atoms with Crippen LogP contribution in [-0.4, -0.2) is 16.1 Å². The first-order chi connectivity index (χ1) is 16.8. The highest BCUT2D eigenvalue weighted by Gasteiger charge is 2.37. The van der Waals surface area contributed by atoms with Gasteiger partial charge in [-0.2, -0.15) is 13.2 Å². The lowest BCUT2D eigenvalue weighted by atomic mass is 9.77. The van der Waals surface area contributed by atoms with E-state index in [1.54, 1.807) is 6.07 Å². The Morgan fingerprint density at radius 2 is 1.72 bits per heavy atom. The van der Waals surface area contributed by atoms with Crippen molar-refractivity contribution in [3.8, 4) is 0 Å². The normalized spacial score (nSPS) is 14.9. The van der Waals surface area contributed by atoms with Crippen molar-refractivity contribution in [1.29, 1.82) is 0 Å². The summed E-state index contributed by atoms with van der Waals surface area (Å²) in [5, 5.41) is 0.775. The fourth-order valence-electron chi connectivity index (χ4n) is 4.95. The average Bonchev–Trinajstić information content (AvgIpc) is 3.03. The molecule has 0 radical (unpaired) electrons. The summed E-state index contributed by atoms with van der Waals surface area (Å²) in [6.45, 7) is 9.30. The van der Waals surface area contributed by atoms with Crippen molar-refractivity contribution in [1.82, 2.24) is 4.57 Å². The van der Waals surface area contributed by atoms with Gasteiger partial charge in [0.2, 0.25) is 0 Å². The van der Waals surface area contributed by atoms with Gasteiger partial charge < -0.3 is 4.57 Å². The molecule has 1 aromatic heterocycles. The van der Waals surface area contributed by atoms with Crippen molar-refractivity contribution in [2.24, 2.45) is 11.3 Å². The minimum Gasteiger partial charge on any atom is -0.339 e. The van der Waals surface area contributed by atoms with Crippen molar-refractivity contribution in [2.45, 2.75) is 78.9 Å². The lowest BCUT2D eigenvalue weighted by Crippen LogP contribution is -2.28. The number of hydrogen-bond acceptors (Lipinski definition) is 2. The molecule has 1 heterocycles. The lowest BCUT2D eigenvalue weighted by Gasteiger charge is -2.27. The maximum Gasteiger partial charge on any atom is 0.416 e. The second-order valence-electron chi connectivity index (χ2n) is 11.1. The Hall–Kier alpha value is -2.89. The third-order valence-corrected chi connectivity index (χ3v) is 7.80. The Bertz CT molecular complexity index is 1310. The van der Waals surface area contributed by atoms with Crippen LogP contribution in [0, 0.1) is 11.3 Å². The van der Waals surface area contributed by atoms with Gasteiger partial charge in [0, 0.05) is 46.5 Å². The van der Waals surface area contributed by atoms with Crippen LogP contribution >= 0.6 is 0 Å². The zero-order chi connectivity index (χ0) is 26.4. The largest absolute Gasteiger partial charge is 0.416 e. The van der Waals surface area contributed by atoms with Gasteiger partial charge in [0.15, 0.2) is 5.78 Å². The van der Waals surface area contributed by atoms with E-state index in [4.69, 9.17) is 0 Å². The zero-order valence-electron chi connectivity index (χ0n) is 21.6. The highest BCUT2D eigenvalue weighted by molar-refractivity contribution is 6.11. The summed E-state index contributed by atoms with van der Waals surface area (Å²) in [5.41, 5.74) is 1.71. The molecule has 0 spiro atoms. The Balaban J connectivity index is 2.01. The van der Waals surface area contributed by atoms with Crippen molar-refractivity contribution in [2.75, 3.05) is 0 Å². The van der Waals surface area contributed by atoms with E-state index < -0.39 is 17.2 Å². The van der Waals surface area contributed by atoms with Gasteiger partial charge in [-0.1, -0.05) is 58.4 Å². The molecule has 0 N–H and O–H groups in total. The molecule has 3 aromatic rings. The molecule has 0 atom stereocenters. The van der Waals surface area contributed by atoms with Crippen LogP contribution in [0.15, 0.2) is 42.5 Å². The number of Topliss-reactive ketones (excluding diaryl/α,β-unsaturated/α-hetero) is 2. The summed E-state index contributed by atoms with van der Waals surface area (Å²) < 4.78 is 43.5. The third kappa shape index (κ3) is 4.87. The van der Waals surface area contributed by atoms with Crippen molar-refractivity contribution in [3.63, 3.8) is 0 Å². The summed E-state index contributed by atoms with van der Waals surface area (Å²) >= 11 is 0. The molecule has 0 bridgehead atoms. The quantitative estimate of drug-likeness (QED) is 0.296. The summed E-state index contributed by atoms with van der Waals surface area (Å²) in [6, 6.07) is 11.5. The molecule has 3 nitrogen and oxygen atoms in total. The number of aromatic nitrogens is 1. The number of carbonyl (C=O) groups is 2. The second-order valence-corrected chi connectivity index (χ2v) is 11.1. The molecule has 1 aliphatic carbocycles. The number of carbonyl (C=O) groups excluding carboxylic acids is 2. The molecule has 0 unspecified atom stereocenters. The molecule has 6 heteroatoms. The standard InChI is InChI=1S/C30H34F3NO2/c1-18(2)21-13-14-25-23(15-21)27(28(36)20-10-8-11-20)26(16-29(4,5)19(3)35)34(25)17-22-9-6-7-12-24(22)30(31,32)33/h6-7,9,12-15,18,20H,8,10-11,16-17H2,1-5H3. The average molecular weight is 498 g/mol. The van der Waals surface area contributed by atoms with Crippen LogP contribution < -0.4 is 0 Å². The topological polar surface area (TPSA) is 39.1 Å². The highest BCUT2D eigenvalue weighted by Crippen LogP contribution is 2.40. The van der Waals surface area contributed by atoms with E-state index in [0.29, 0.717) is 11.3 Å². The minimum absolute atomic E-state index is 0.0279. The summed E-state index contributed by atoms with van der Waals surface area (Å²) in [5.74, 6) is 0.171. The number of rotatable bonds is 8. The molecule has 0 amide bonds. The predicted molar refractivity (Wildman–Crippen MR) is 136 cm³/mol. The van der Waals surface area contributed by atoms with Crippen LogP contribution in [0.4, 0.5) is 13.2 Å². The van der Waals surface area contributed by atoms with E-state index in [2.05, 4.69) is 13.8 Å². The SMILES string of the molecule is CC(=O)C(C)(C)Cc1c(C(=O)C2CCC2)c2cc(C(C)C)ccc2n1Cc1ccccc1C(F)(F)F.